The minimum Gasteiger partial charge on any atom is -0.307 e. The van der Waals surface area contributed by atoms with Gasteiger partial charge in [0.15, 0.2) is 0 Å². The molecule has 82 heavy (non-hydrogen) atoms. The quantitative estimate of drug-likeness (QED) is 0.157. The van der Waals surface area contributed by atoms with Crippen LogP contribution in [0.3, 0.4) is 0 Å². The van der Waals surface area contributed by atoms with Crippen LogP contribution in [0.25, 0.3) is 121 Å². The van der Waals surface area contributed by atoms with Crippen LogP contribution in [0.4, 0.5) is 0 Å². The van der Waals surface area contributed by atoms with Gasteiger partial charge in [0.05, 0.1) is 43.9 Å². The Balaban J connectivity index is 1.01. The molecule has 0 unspecified atom stereocenters. The van der Waals surface area contributed by atoms with Gasteiger partial charge < -0.3 is 8.80 Å². The Labute approximate surface area is 473 Å². The number of rotatable bonds is 6. The molecule has 19 rings (SSSR count). The van der Waals surface area contributed by atoms with Crippen molar-refractivity contribution in [1.82, 2.24) is 8.80 Å². The van der Waals surface area contributed by atoms with Crippen molar-refractivity contribution in [2.24, 2.45) is 0 Å². The highest BCUT2D eigenvalue weighted by atomic mass is 14.9. The van der Waals surface area contributed by atoms with E-state index >= 15 is 0 Å². The van der Waals surface area contributed by atoms with Crippen molar-refractivity contribution in [1.29, 1.82) is 0 Å². The van der Waals surface area contributed by atoms with Gasteiger partial charge in [-0.1, -0.05) is 279 Å². The van der Waals surface area contributed by atoms with Crippen molar-refractivity contribution in [3.63, 3.8) is 0 Å². The average molecular weight is 1040 g/mol. The van der Waals surface area contributed by atoms with Gasteiger partial charge in [-0.3, -0.25) is 0 Å². The van der Waals surface area contributed by atoms with Crippen LogP contribution >= 0.6 is 0 Å². The largest absolute Gasteiger partial charge is 0.307 e. The third-order valence-electron chi connectivity index (χ3n) is 19.3. The second-order valence-electron chi connectivity index (χ2n) is 22.8. The molecule has 0 saturated heterocycles. The summed E-state index contributed by atoms with van der Waals surface area (Å²) >= 11 is 0. The van der Waals surface area contributed by atoms with Crippen LogP contribution in [-0.2, 0) is 10.8 Å². The van der Waals surface area contributed by atoms with E-state index in [-0.39, 0.29) is 0 Å². The lowest BCUT2D eigenvalue weighted by Crippen LogP contribution is -2.28. The van der Waals surface area contributed by atoms with Gasteiger partial charge in [0.2, 0.25) is 0 Å². The summed E-state index contributed by atoms with van der Waals surface area (Å²) < 4.78 is 5.36. The first kappa shape index (κ1) is 44.3. The molecule has 0 bridgehead atoms. The fourth-order valence-corrected chi connectivity index (χ4v) is 16.5. The summed E-state index contributed by atoms with van der Waals surface area (Å²) in [5.74, 6) is 0. The number of aromatic nitrogens is 2. The minimum absolute atomic E-state index is 0.519. The molecule has 0 fully saturated rings. The molecule has 13 aromatic carbocycles. The molecule has 0 spiro atoms. The third-order valence-corrected chi connectivity index (χ3v) is 19.3. The molecule has 0 aliphatic heterocycles. The molecular weight excluding hydrogens is 989 g/mol. The molecule has 0 saturated carbocycles. The maximum Gasteiger partial charge on any atom is 0.0713 e. The van der Waals surface area contributed by atoms with Crippen molar-refractivity contribution >= 4 is 76.2 Å². The first-order chi connectivity index (χ1) is 40.8. The SMILES string of the molecule is c1ccc(-c2c3c4cccc5c6c7c(ccc6n(c3c(-c3ccccc3)c3c6cccc8c9c%10c(ccc9n(c23)c86)C(c2ccccc2)(c2ccccc2)c2ccccc2-%10)c54)C(c2ccccc2)(c2ccccc2)c2ccccc2-7)cc1. The predicted molar refractivity (Wildman–Crippen MR) is 341 cm³/mol. The molecule has 4 heterocycles. The van der Waals surface area contributed by atoms with Crippen LogP contribution in [0.2, 0.25) is 0 Å². The van der Waals surface area contributed by atoms with E-state index in [0.29, 0.717) is 0 Å². The van der Waals surface area contributed by atoms with Gasteiger partial charge >= 0.3 is 0 Å². The van der Waals surface area contributed by atoms with E-state index in [1.165, 1.54) is 165 Å². The summed E-state index contributed by atoms with van der Waals surface area (Å²) in [6, 6.07) is 110. The Morgan fingerprint density at radius 1 is 0.207 bits per heavy atom. The highest BCUT2D eigenvalue weighted by Gasteiger charge is 2.49. The van der Waals surface area contributed by atoms with E-state index in [2.05, 4.69) is 300 Å². The summed E-state index contributed by atoms with van der Waals surface area (Å²) in [4.78, 5) is 0. The molecule has 2 heteroatoms. The van der Waals surface area contributed by atoms with Gasteiger partial charge in [-0.2, -0.15) is 0 Å². The molecule has 0 radical (unpaired) electrons. The third kappa shape index (κ3) is 5.23. The normalized spacial score (nSPS) is 14.0. The molecule has 2 aliphatic carbocycles. The van der Waals surface area contributed by atoms with Crippen molar-refractivity contribution < 1.29 is 0 Å². The minimum atomic E-state index is -0.519. The Hall–Kier alpha value is -10.5. The zero-order valence-electron chi connectivity index (χ0n) is 44.6. The maximum absolute atomic E-state index is 2.68. The summed E-state index contributed by atoms with van der Waals surface area (Å²) in [6.07, 6.45) is 0. The Morgan fingerprint density at radius 2 is 0.512 bits per heavy atom. The van der Waals surface area contributed by atoms with E-state index in [1.54, 1.807) is 0 Å². The van der Waals surface area contributed by atoms with E-state index in [4.69, 9.17) is 0 Å². The van der Waals surface area contributed by atoms with Crippen molar-refractivity contribution in [2.75, 3.05) is 0 Å². The molecule has 0 N–H and O–H groups in total. The topological polar surface area (TPSA) is 8.82 Å². The predicted octanol–water partition coefficient (Wildman–Crippen LogP) is 20.0. The molecule has 0 atom stereocenters. The highest BCUT2D eigenvalue weighted by molar-refractivity contribution is 6.39. The lowest BCUT2D eigenvalue weighted by Gasteiger charge is -2.33. The smallest absolute Gasteiger partial charge is 0.0713 e. The number of fused-ring (bicyclic) bond motifs is 20. The molecule has 378 valence electrons. The van der Waals surface area contributed by atoms with Crippen LogP contribution < -0.4 is 0 Å². The van der Waals surface area contributed by atoms with Crippen LogP contribution in [0, 0.1) is 0 Å². The zero-order valence-corrected chi connectivity index (χ0v) is 44.6. The molecule has 4 aromatic heterocycles. The van der Waals surface area contributed by atoms with Gasteiger partial charge in [0.25, 0.3) is 0 Å². The van der Waals surface area contributed by atoms with Gasteiger partial charge in [-0.05, 0) is 90.0 Å². The average Bonchev–Trinajstić information content (AvgIpc) is 1.75. The standard InChI is InChI=1S/C80H48N2/c1-7-25-49(26-8-1)67-73-59-41-23-39-57-72-66(48-46-64-70(72)56-38-20-22-44-62(56)80(64,53-33-15-5-16-34-53)54-35-17-6-18-36-54)82(75(57)59)78(73)68(50-27-9-2-10-28-50)74-60-42-24-40-58-71-65(81(76(58)60)77(67)74)47-45-63-69(71)55-37-19-21-43-61(55)79(63,51-29-11-3-12-30-51)52-31-13-4-14-32-52/h1-48H. The molecule has 17 aromatic rings. The number of benzene rings is 13. The number of hydrogen-bond acceptors (Lipinski definition) is 0. The van der Waals surface area contributed by atoms with Crippen LogP contribution in [-0.4, -0.2) is 8.80 Å². The second-order valence-corrected chi connectivity index (χ2v) is 22.8. The molecule has 2 aliphatic rings. The van der Waals surface area contributed by atoms with Crippen LogP contribution in [0.5, 0.6) is 0 Å². The highest BCUT2D eigenvalue weighted by Crippen LogP contribution is 2.63. The van der Waals surface area contributed by atoms with Crippen molar-refractivity contribution in [3.8, 4) is 44.5 Å². The van der Waals surface area contributed by atoms with E-state index < -0.39 is 10.8 Å². The van der Waals surface area contributed by atoms with E-state index in [9.17, 15) is 0 Å². The van der Waals surface area contributed by atoms with Gasteiger partial charge in [0.1, 0.15) is 0 Å². The number of nitrogens with zero attached hydrogens (tertiary/aromatic N) is 2. The maximum atomic E-state index is 2.68. The Bertz CT molecular complexity index is 5040. The first-order valence-electron chi connectivity index (χ1n) is 28.8. The van der Waals surface area contributed by atoms with E-state index in [0.717, 1.165) is 0 Å². The lowest BCUT2D eigenvalue weighted by atomic mass is 9.67. The fourth-order valence-electron chi connectivity index (χ4n) is 16.5. The van der Waals surface area contributed by atoms with Crippen molar-refractivity contribution in [2.45, 2.75) is 10.8 Å². The van der Waals surface area contributed by atoms with Gasteiger partial charge in [-0.15, -0.1) is 0 Å². The summed E-state index contributed by atoms with van der Waals surface area (Å²) in [7, 11) is 0. The fraction of sp³-hybridized carbons (Fsp3) is 0.0250. The Kier molecular flexibility index (Phi) is 8.69. The monoisotopic (exact) mass is 1040 g/mol. The summed E-state index contributed by atoms with van der Waals surface area (Å²) in [5, 5.41) is 10.2. The van der Waals surface area contributed by atoms with Gasteiger partial charge in [-0.25, -0.2) is 0 Å². The summed E-state index contributed by atoms with van der Waals surface area (Å²) in [5.41, 5.74) is 26.9. The van der Waals surface area contributed by atoms with Crippen molar-refractivity contribution in [3.05, 3.63) is 336 Å². The lowest BCUT2D eigenvalue weighted by molar-refractivity contribution is 0.769. The van der Waals surface area contributed by atoms with Crippen LogP contribution in [0.1, 0.15) is 44.5 Å². The first-order valence-corrected chi connectivity index (χ1v) is 28.8. The number of para-hydroxylation sites is 2. The Morgan fingerprint density at radius 3 is 0.866 bits per heavy atom. The molecular formula is C80H48N2. The number of hydrogen-bond donors (Lipinski definition) is 0. The van der Waals surface area contributed by atoms with Gasteiger partial charge in [0, 0.05) is 54.2 Å². The zero-order chi connectivity index (χ0) is 53.4. The molecule has 2 nitrogen and oxygen atoms in total. The van der Waals surface area contributed by atoms with E-state index in [1.807, 2.05) is 0 Å². The summed E-state index contributed by atoms with van der Waals surface area (Å²) in [6.45, 7) is 0. The second kappa shape index (κ2) is 16.1. The molecule has 0 amide bonds. The van der Waals surface area contributed by atoms with Crippen LogP contribution in [0.15, 0.2) is 291 Å².